The Balaban J connectivity index is 0.000000591. The average molecular weight is 667 g/mol. The summed E-state index contributed by atoms with van der Waals surface area (Å²) in [4.78, 5) is 38.1. The van der Waals surface area contributed by atoms with Gasteiger partial charge in [0.15, 0.2) is 0 Å². The monoisotopic (exact) mass is 665 g/mol. The second-order valence-electron chi connectivity index (χ2n) is 11.7. The van der Waals surface area contributed by atoms with Gasteiger partial charge in [0.25, 0.3) is 11.5 Å². The lowest BCUT2D eigenvalue weighted by Crippen LogP contribution is -2.44. The Labute approximate surface area is 267 Å². The summed E-state index contributed by atoms with van der Waals surface area (Å²) in [6.45, 7) is 5.17. The van der Waals surface area contributed by atoms with Gasteiger partial charge in [0, 0.05) is 34.6 Å². The largest absolute Gasteiger partial charge is 0.490 e. The van der Waals surface area contributed by atoms with E-state index in [9.17, 15) is 22.8 Å². The predicted molar refractivity (Wildman–Crippen MR) is 165 cm³/mol. The summed E-state index contributed by atoms with van der Waals surface area (Å²) in [7, 11) is 0. The van der Waals surface area contributed by atoms with Crippen molar-refractivity contribution in [1.82, 2.24) is 19.1 Å². The maximum Gasteiger partial charge on any atom is 0.490 e. The maximum absolute atomic E-state index is 13.7. The van der Waals surface area contributed by atoms with Crippen molar-refractivity contribution < 1.29 is 27.9 Å². The molecular weight excluding hydrogens is 634 g/mol. The standard InChI is InChI=1S/C29H31Cl2N5O2.C2HF3O2/c1-28(2,32)16-17-34(25(37)21-8-10-22(30)11-9-21)19-29(14-15-29)27-33-36-23(12-13-24(36)31)26(38)35(27)18-20-6-4-3-5-7-20;3-2(4,5)1(6)7/h3-13H,14-19,32H2,1-2H3;(H,6,7). The minimum absolute atomic E-state index is 0.103. The zero-order valence-corrected chi connectivity index (χ0v) is 26.0. The van der Waals surface area contributed by atoms with Gasteiger partial charge in [-0.15, -0.1) is 0 Å². The van der Waals surface area contributed by atoms with Gasteiger partial charge in [-0.05, 0) is 75.1 Å². The number of nitrogens with two attached hydrogens (primary N) is 1. The van der Waals surface area contributed by atoms with Crippen molar-refractivity contribution in [1.29, 1.82) is 0 Å². The van der Waals surface area contributed by atoms with Crippen molar-refractivity contribution in [2.45, 2.75) is 56.8 Å². The molecule has 4 aromatic rings. The lowest BCUT2D eigenvalue weighted by molar-refractivity contribution is -0.192. The number of aliphatic carboxylic acids is 1. The van der Waals surface area contributed by atoms with Gasteiger partial charge in [0.05, 0.1) is 6.54 Å². The summed E-state index contributed by atoms with van der Waals surface area (Å²) in [5.74, 6) is -2.22. The average Bonchev–Trinajstić information content (AvgIpc) is 3.66. The smallest absolute Gasteiger partial charge is 0.475 e. The minimum Gasteiger partial charge on any atom is -0.475 e. The van der Waals surface area contributed by atoms with E-state index >= 15 is 0 Å². The quantitative estimate of drug-likeness (QED) is 0.233. The van der Waals surface area contributed by atoms with Gasteiger partial charge in [0.1, 0.15) is 16.5 Å². The van der Waals surface area contributed by atoms with E-state index in [0.717, 1.165) is 18.4 Å². The minimum atomic E-state index is -5.08. The summed E-state index contributed by atoms with van der Waals surface area (Å²) >= 11 is 12.5. The lowest BCUT2D eigenvalue weighted by atomic mass is 9.99. The van der Waals surface area contributed by atoms with Crippen LogP contribution in [0.3, 0.4) is 0 Å². The van der Waals surface area contributed by atoms with Crippen molar-refractivity contribution >= 4 is 40.6 Å². The van der Waals surface area contributed by atoms with Crippen LogP contribution in [0, 0.1) is 0 Å². The number of nitrogens with zero attached hydrogens (tertiary/aromatic N) is 4. The molecule has 1 aliphatic rings. The molecule has 1 saturated carbocycles. The van der Waals surface area contributed by atoms with E-state index in [0.29, 0.717) is 53.1 Å². The highest BCUT2D eigenvalue weighted by molar-refractivity contribution is 6.30. The molecule has 14 heteroatoms. The van der Waals surface area contributed by atoms with E-state index in [1.807, 2.05) is 49.1 Å². The molecule has 0 atom stereocenters. The Kier molecular flexibility index (Phi) is 10.0. The maximum atomic E-state index is 13.7. The second-order valence-corrected chi connectivity index (χ2v) is 12.5. The molecule has 1 aliphatic carbocycles. The zero-order chi connectivity index (χ0) is 33.2. The Morgan fingerprint density at radius 1 is 1.02 bits per heavy atom. The molecule has 2 aromatic carbocycles. The van der Waals surface area contributed by atoms with Gasteiger partial charge in [-0.3, -0.25) is 14.2 Å². The van der Waals surface area contributed by atoms with Crippen molar-refractivity contribution in [3.63, 3.8) is 0 Å². The second kappa shape index (κ2) is 13.2. The van der Waals surface area contributed by atoms with E-state index in [2.05, 4.69) is 0 Å². The van der Waals surface area contributed by atoms with Gasteiger partial charge < -0.3 is 15.7 Å². The van der Waals surface area contributed by atoms with Crippen LogP contribution in [0.4, 0.5) is 13.2 Å². The number of carbonyl (C=O) groups is 2. The van der Waals surface area contributed by atoms with Crippen molar-refractivity contribution in [3.8, 4) is 0 Å². The van der Waals surface area contributed by atoms with Crippen molar-refractivity contribution in [2.75, 3.05) is 13.1 Å². The van der Waals surface area contributed by atoms with E-state index in [1.54, 1.807) is 41.0 Å². The van der Waals surface area contributed by atoms with Crippen LogP contribution in [0.2, 0.25) is 10.2 Å². The van der Waals surface area contributed by atoms with Crippen molar-refractivity contribution in [3.05, 3.63) is 104 Å². The first-order valence-electron chi connectivity index (χ1n) is 14.0. The third-order valence-corrected chi connectivity index (χ3v) is 7.91. The summed E-state index contributed by atoms with van der Waals surface area (Å²) in [5.41, 5.74) is 7.19. The van der Waals surface area contributed by atoms with E-state index in [4.69, 9.17) is 43.9 Å². The third-order valence-electron chi connectivity index (χ3n) is 7.38. The zero-order valence-electron chi connectivity index (χ0n) is 24.5. The fraction of sp³-hybridized carbons (Fsp3) is 0.355. The van der Waals surface area contributed by atoms with Gasteiger partial charge in [-0.25, -0.2) is 9.31 Å². The van der Waals surface area contributed by atoms with E-state index < -0.39 is 23.1 Å². The molecule has 9 nitrogen and oxygen atoms in total. The molecule has 1 fully saturated rings. The molecule has 45 heavy (non-hydrogen) atoms. The Morgan fingerprint density at radius 3 is 2.16 bits per heavy atom. The molecular formula is C31H32Cl2F3N5O4. The van der Waals surface area contributed by atoms with Crippen LogP contribution in [-0.2, 0) is 16.8 Å². The molecule has 240 valence electrons. The predicted octanol–water partition coefficient (Wildman–Crippen LogP) is 5.79. The normalized spacial score (nSPS) is 14.0. The van der Waals surface area contributed by atoms with Crippen molar-refractivity contribution in [2.24, 2.45) is 5.73 Å². The molecule has 5 rings (SSSR count). The highest BCUT2D eigenvalue weighted by Gasteiger charge is 2.50. The number of rotatable bonds is 9. The van der Waals surface area contributed by atoms with Gasteiger partial charge in [-0.2, -0.15) is 18.3 Å². The topological polar surface area (TPSA) is 123 Å². The fourth-order valence-electron chi connectivity index (χ4n) is 4.77. The molecule has 1 amide bonds. The summed E-state index contributed by atoms with van der Waals surface area (Å²) in [6.07, 6.45) is -2.86. The van der Waals surface area contributed by atoms with Crippen LogP contribution >= 0.6 is 23.2 Å². The van der Waals surface area contributed by atoms with Gasteiger partial charge in [0.2, 0.25) is 0 Å². The first kappa shape index (κ1) is 34.0. The molecule has 0 spiro atoms. The molecule has 0 aliphatic heterocycles. The highest BCUT2D eigenvalue weighted by atomic mass is 35.5. The summed E-state index contributed by atoms with van der Waals surface area (Å²) in [6, 6.07) is 20.1. The van der Waals surface area contributed by atoms with Gasteiger partial charge >= 0.3 is 12.1 Å². The van der Waals surface area contributed by atoms with E-state index in [1.165, 1.54) is 4.52 Å². The van der Waals surface area contributed by atoms with Crippen LogP contribution < -0.4 is 11.3 Å². The number of aromatic nitrogens is 3. The number of amides is 1. The van der Waals surface area contributed by atoms with Gasteiger partial charge in [-0.1, -0.05) is 53.5 Å². The van der Waals surface area contributed by atoms with Crippen LogP contribution in [0.5, 0.6) is 0 Å². The number of halogens is 5. The SMILES string of the molecule is CC(C)(N)CCN(CC1(c2nn3c(Cl)ccc3c(=O)n2Cc2ccccc2)CC1)C(=O)c1ccc(Cl)cc1.O=C(O)C(F)(F)F. The molecule has 2 aromatic heterocycles. The number of carboxylic acid groups (broad SMARTS) is 1. The first-order chi connectivity index (χ1) is 21.0. The highest BCUT2D eigenvalue weighted by Crippen LogP contribution is 2.48. The fourth-order valence-corrected chi connectivity index (χ4v) is 5.09. The number of carboxylic acids is 1. The number of benzene rings is 2. The number of alkyl halides is 3. The Bertz CT molecular complexity index is 1730. The van der Waals surface area contributed by atoms with Crippen LogP contribution in [0.1, 0.15) is 54.9 Å². The van der Waals surface area contributed by atoms with Crippen LogP contribution in [-0.4, -0.2) is 60.9 Å². The molecule has 0 saturated heterocycles. The summed E-state index contributed by atoms with van der Waals surface area (Å²) < 4.78 is 35.0. The summed E-state index contributed by atoms with van der Waals surface area (Å²) in [5, 5.41) is 13.0. The lowest BCUT2D eigenvalue weighted by Gasteiger charge is -2.31. The van der Waals surface area contributed by atoms with E-state index in [-0.39, 0.29) is 11.5 Å². The van der Waals surface area contributed by atoms with Crippen LogP contribution in [0.15, 0.2) is 71.5 Å². The molecule has 0 bridgehead atoms. The Hall–Kier alpha value is -3.87. The molecule has 3 N–H and O–H groups in total. The molecule has 0 radical (unpaired) electrons. The molecule has 2 heterocycles. The number of hydrogen-bond donors (Lipinski definition) is 2. The third kappa shape index (κ3) is 8.44. The Morgan fingerprint density at radius 2 is 1.62 bits per heavy atom. The first-order valence-corrected chi connectivity index (χ1v) is 14.7. The van der Waals surface area contributed by atoms with Crippen LogP contribution in [0.25, 0.3) is 5.52 Å². The number of hydrogen-bond acceptors (Lipinski definition) is 5. The number of fused-ring (bicyclic) bond motifs is 1. The molecule has 0 unspecified atom stereocenters. The number of carbonyl (C=O) groups excluding carboxylic acids is 1.